The van der Waals surface area contributed by atoms with Gasteiger partial charge in [0.15, 0.2) is 0 Å². The van der Waals surface area contributed by atoms with Crippen molar-refractivity contribution >= 4 is 17.6 Å². The monoisotopic (exact) mass is 265 g/mol. The van der Waals surface area contributed by atoms with E-state index in [9.17, 15) is 14.0 Å². The lowest BCUT2D eigenvalue weighted by atomic mass is 9.95. The van der Waals surface area contributed by atoms with E-state index in [0.717, 1.165) is 6.42 Å². The Bertz CT molecular complexity index is 515. The summed E-state index contributed by atoms with van der Waals surface area (Å²) in [6.07, 6.45) is 1.87. The molecule has 1 saturated carbocycles. The highest BCUT2D eigenvalue weighted by Gasteiger charge is 2.37. The van der Waals surface area contributed by atoms with E-state index in [1.165, 1.54) is 18.2 Å². The van der Waals surface area contributed by atoms with Crippen LogP contribution >= 0.6 is 0 Å². The largest absolute Gasteiger partial charge is 0.481 e. The molecule has 0 heterocycles. The molecule has 0 spiro atoms. The van der Waals surface area contributed by atoms with E-state index in [2.05, 4.69) is 5.32 Å². The molecular formula is C14H16FNO3. The van der Waals surface area contributed by atoms with Crippen molar-refractivity contribution in [1.82, 2.24) is 0 Å². The van der Waals surface area contributed by atoms with Crippen LogP contribution in [-0.4, -0.2) is 17.0 Å². The van der Waals surface area contributed by atoms with E-state index in [-0.39, 0.29) is 11.7 Å². The van der Waals surface area contributed by atoms with Gasteiger partial charge in [0.2, 0.25) is 5.91 Å². The number of carboxylic acid groups (broad SMARTS) is 1. The fraction of sp³-hybridized carbons (Fsp3) is 0.429. The summed E-state index contributed by atoms with van der Waals surface area (Å²) in [6.45, 7) is 1.70. The number of halogens is 1. The Morgan fingerprint density at radius 3 is 2.63 bits per heavy atom. The summed E-state index contributed by atoms with van der Waals surface area (Å²) in [6, 6.07) is 4.10. The van der Waals surface area contributed by atoms with Crippen LogP contribution in [0.25, 0.3) is 0 Å². The first-order chi connectivity index (χ1) is 8.99. The van der Waals surface area contributed by atoms with Gasteiger partial charge in [-0.3, -0.25) is 9.59 Å². The van der Waals surface area contributed by atoms with Crippen LogP contribution < -0.4 is 5.32 Å². The van der Waals surface area contributed by atoms with Crippen LogP contribution in [0.4, 0.5) is 10.1 Å². The molecule has 2 atom stereocenters. The predicted molar refractivity (Wildman–Crippen MR) is 68.2 cm³/mol. The summed E-state index contributed by atoms with van der Waals surface area (Å²) in [4.78, 5) is 23.1. The number of aryl methyl sites for hydroxylation is 1. The first-order valence-electron chi connectivity index (χ1n) is 6.29. The van der Waals surface area contributed by atoms with E-state index in [0.29, 0.717) is 24.1 Å². The van der Waals surface area contributed by atoms with Gasteiger partial charge in [0, 0.05) is 5.69 Å². The molecule has 5 heteroatoms. The zero-order valence-electron chi connectivity index (χ0n) is 10.6. The molecule has 0 unspecified atom stereocenters. The third-order valence-electron chi connectivity index (χ3n) is 3.62. The number of nitrogens with one attached hydrogen (secondary N) is 1. The number of carbonyl (C=O) groups is 2. The highest BCUT2D eigenvalue weighted by molar-refractivity contribution is 5.95. The van der Waals surface area contributed by atoms with Gasteiger partial charge in [-0.15, -0.1) is 0 Å². The number of amides is 1. The average Bonchev–Trinajstić information content (AvgIpc) is 2.82. The second-order valence-electron chi connectivity index (χ2n) is 4.93. The quantitative estimate of drug-likeness (QED) is 0.882. The summed E-state index contributed by atoms with van der Waals surface area (Å²) in [5.74, 6) is -2.68. The molecule has 102 valence electrons. The smallest absolute Gasteiger partial charge is 0.307 e. The van der Waals surface area contributed by atoms with Gasteiger partial charge in [-0.1, -0.05) is 6.42 Å². The van der Waals surface area contributed by atoms with Gasteiger partial charge in [-0.2, -0.15) is 0 Å². The van der Waals surface area contributed by atoms with Crippen LogP contribution in [0.2, 0.25) is 0 Å². The fourth-order valence-electron chi connectivity index (χ4n) is 2.56. The van der Waals surface area contributed by atoms with Crippen LogP contribution in [0.5, 0.6) is 0 Å². The van der Waals surface area contributed by atoms with Gasteiger partial charge in [-0.05, 0) is 43.5 Å². The lowest BCUT2D eigenvalue weighted by molar-refractivity contribution is -0.145. The fourth-order valence-corrected chi connectivity index (χ4v) is 2.56. The summed E-state index contributed by atoms with van der Waals surface area (Å²) in [7, 11) is 0. The Morgan fingerprint density at radius 2 is 2.00 bits per heavy atom. The van der Waals surface area contributed by atoms with E-state index >= 15 is 0 Å². The Balaban J connectivity index is 2.10. The first kappa shape index (κ1) is 13.5. The van der Waals surface area contributed by atoms with Crippen LogP contribution in [0.1, 0.15) is 24.8 Å². The maximum Gasteiger partial charge on any atom is 0.307 e. The second-order valence-corrected chi connectivity index (χ2v) is 4.93. The second kappa shape index (κ2) is 5.38. The molecule has 19 heavy (non-hydrogen) atoms. The molecule has 2 rings (SSSR count). The summed E-state index contributed by atoms with van der Waals surface area (Å²) >= 11 is 0. The number of hydrogen-bond donors (Lipinski definition) is 2. The Hall–Kier alpha value is -1.91. The van der Waals surface area contributed by atoms with Crippen LogP contribution in [0.3, 0.4) is 0 Å². The van der Waals surface area contributed by atoms with E-state index < -0.39 is 17.8 Å². The molecule has 0 saturated heterocycles. The van der Waals surface area contributed by atoms with Gasteiger partial charge in [0.1, 0.15) is 5.82 Å². The topological polar surface area (TPSA) is 66.4 Å². The summed E-state index contributed by atoms with van der Waals surface area (Å²) in [5, 5.41) is 11.8. The standard InChI is InChI=1S/C14H16FNO3/c1-8-7-9(15)5-6-12(8)16-13(17)10-3-2-4-11(10)14(18)19/h5-7,10-11H,2-4H2,1H3,(H,16,17)(H,18,19)/t10-,11+/m1/s1. The van der Waals surface area contributed by atoms with Crippen molar-refractivity contribution in [3.05, 3.63) is 29.6 Å². The van der Waals surface area contributed by atoms with Crippen molar-refractivity contribution in [1.29, 1.82) is 0 Å². The van der Waals surface area contributed by atoms with Crippen LogP contribution in [0, 0.1) is 24.6 Å². The molecule has 1 aliphatic carbocycles. The molecule has 1 aromatic rings. The molecule has 0 bridgehead atoms. The third kappa shape index (κ3) is 2.92. The van der Waals surface area contributed by atoms with E-state index in [4.69, 9.17) is 5.11 Å². The molecule has 1 fully saturated rings. The lowest BCUT2D eigenvalue weighted by Crippen LogP contribution is -2.30. The van der Waals surface area contributed by atoms with Crippen molar-refractivity contribution in [2.24, 2.45) is 11.8 Å². The molecule has 1 aromatic carbocycles. The van der Waals surface area contributed by atoms with Crippen molar-refractivity contribution in [2.45, 2.75) is 26.2 Å². The number of aliphatic carboxylic acids is 1. The number of hydrogen-bond acceptors (Lipinski definition) is 2. The van der Waals surface area contributed by atoms with Crippen LogP contribution in [0.15, 0.2) is 18.2 Å². The van der Waals surface area contributed by atoms with Crippen LogP contribution in [-0.2, 0) is 9.59 Å². The molecular weight excluding hydrogens is 249 g/mol. The third-order valence-corrected chi connectivity index (χ3v) is 3.62. The van der Waals surface area contributed by atoms with Gasteiger partial charge in [0.25, 0.3) is 0 Å². The average molecular weight is 265 g/mol. The van der Waals surface area contributed by atoms with Gasteiger partial charge in [-0.25, -0.2) is 4.39 Å². The number of anilines is 1. The minimum Gasteiger partial charge on any atom is -0.481 e. The minimum absolute atomic E-state index is 0.292. The number of benzene rings is 1. The Labute approximate surface area is 110 Å². The van der Waals surface area contributed by atoms with Gasteiger partial charge < -0.3 is 10.4 Å². The van der Waals surface area contributed by atoms with E-state index in [1.807, 2.05) is 0 Å². The van der Waals surface area contributed by atoms with Gasteiger partial charge >= 0.3 is 5.97 Å². The highest BCUT2D eigenvalue weighted by Crippen LogP contribution is 2.33. The molecule has 4 nitrogen and oxygen atoms in total. The molecule has 0 aliphatic heterocycles. The molecule has 1 amide bonds. The molecule has 0 radical (unpaired) electrons. The maximum atomic E-state index is 13.0. The highest BCUT2D eigenvalue weighted by atomic mass is 19.1. The lowest BCUT2D eigenvalue weighted by Gasteiger charge is -2.16. The van der Waals surface area contributed by atoms with E-state index in [1.54, 1.807) is 6.92 Å². The minimum atomic E-state index is -0.923. The van der Waals surface area contributed by atoms with Crippen molar-refractivity contribution < 1.29 is 19.1 Å². The molecule has 2 N–H and O–H groups in total. The summed E-state index contributed by atoms with van der Waals surface area (Å²) in [5.41, 5.74) is 1.15. The predicted octanol–water partition coefficient (Wildman–Crippen LogP) is 2.57. The normalized spacial score (nSPS) is 22.2. The number of carboxylic acids is 1. The summed E-state index contributed by atoms with van der Waals surface area (Å²) < 4.78 is 13.0. The zero-order valence-corrected chi connectivity index (χ0v) is 10.6. The van der Waals surface area contributed by atoms with Crippen molar-refractivity contribution in [3.8, 4) is 0 Å². The van der Waals surface area contributed by atoms with Gasteiger partial charge in [0.05, 0.1) is 11.8 Å². The maximum absolute atomic E-state index is 13.0. The first-order valence-corrected chi connectivity index (χ1v) is 6.29. The number of rotatable bonds is 3. The van der Waals surface area contributed by atoms with Crippen molar-refractivity contribution in [3.63, 3.8) is 0 Å². The molecule has 0 aromatic heterocycles. The molecule has 1 aliphatic rings. The van der Waals surface area contributed by atoms with Crippen molar-refractivity contribution in [2.75, 3.05) is 5.32 Å². The SMILES string of the molecule is Cc1cc(F)ccc1NC(=O)[C@@H]1CCC[C@@H]1C(=O)O. The Morgan fingerprint density at radius 1 is 1.32 bits per heavy atom. The Kier molecular flexibility index (Phi) is 3.83. The zero-order chi connectivity index (χ0) is 14.0. The number of carbonyl (C=O) groups excluding carboxylic acids is 1.